The van der Waals surface area contributed by atoms with Crippen LogP contribution in [0.1, 0.15) is 37.7 Å². The third-order valence-corrected chi connectivity index (χ3v) is 5.11. The molecule has 4 aromatic rings. The van der Waals surface area contributed by atoms with Crippen molar-refractivity contribution in [2.45, 2.75) is 20.4 Å². The number of hydrogen-bond acceptors (Lipinski definition) is 6. The first-order chi connectivity index (χ1) is 15.0. The maximum Gasteiger partial charge on any atom is 0.338 e. The third-order valence-electron chi connectivity index (χ3n) is 5.11. The minimum absolute atomic E-state index is 0.230. The van der Waals surface area contributed by atoms with Crippen LogP contribution >= 0.6 is 0 Å². The van der Waals surface area contributed by atoms with Gasteiger partial charge in [-0.05, 0) is 60.2 Å². The Balaban J connectivity index is 1.40. The zero-order valence-corrected chi connectivity index (χ0v) is 17.2. The smallest absolute Gasteiger partial charge is 0.338 e. The molecule has 0 saturated heterocycles. The number of carbonyl (C=O) groups is 2. The van der Waals surface area contributed by atoms with E-state index >= 15 is 0 Å². The molecule has 0 N–H and O–H groups in total. The number of Topliss-reactive ketones (excluding diaryl/α,β-unsaturated/α-hetero) is 1. The van der Waals surface area contributed by atoms with Gasteiger partial charge in [0.15, 0.2) is 6.61 Å². The molecule has 2 aromatic heterocycles. The van der Waals surface area contributed by atoms with Crippen molar-refractivity contribution in [1.29, 1.82) is 0 Å². The van der Waals surface area contributed by atoms with Gasteiger partial charge < -0.3 is 9.30 Å². The van der Waals surface area contributed by atoms with Crippen molar-refractivity contribution < 1.29 is 14.3 Å². The van der Waals surface area contributed by atoms with Gasteiger partial charge >= 0.3 is 5.97 Å². The van der Waals surface area contributed by atoms with E-state index in [0.717, 1.165) is 17.0 Å². The monoisotopic (exact) mass is 415 g/mol. The molecule has 0 aliphatic heterocycles. The van der Waals surface area contributed by atoms with E-state index in [-0.39, 0.29) is 12.4 Å². The summed E-state index contributed by atoms with van der Waals surface area (Å²) < 4.78 is 8.81. The molecule has 2 aromatic carbocycles. The number of tetrazole rings is 1. The number of carbonyl (C=O) groups excluding carboxylic acids is 2. The van der Waals surface area contributed by atoms with Crippen LogP contribution in [0.2, 0.25) is 0 Å². The summed E-state index contributed by atoms with van der Waals surface area (Å²) in [7, 11) is 0. The van der Waals surface area contributed by atoms with E-state index in [0.29, 0.717) is 23.4 Å². The van der Waals surface area contributed by atoms with Crippen molar-refractivity contribution in [3.63, 3.8) is 0 Å². The van der Waals surface area contributed by atoms with Gasteiger partial charge in [0.25, 0.3) is 0 Å². The molecule has 0 amide bonds. The second kappa shape index (κ2) is 8.74. The standard InChI is InChI=1S/C23H21N5O3/c1-16-12-21(17(2)27(16)13-18-6-4-3-5-7-18)22(29)14-31-23(30)19-8-10-20(11-9-19)28-15-24-25-26-28/h3-12,15H,13-14H2,1-2H3. The number of aryl methyl sites for hydroxylation is 1. The first-order valence-corrected chi connectivity index (χ1v) is 9.77. The number of esters is 1. The summed E-state index contributed by atoms with van der Waals surface area (Å²) in [6.45, 7) is 4.23. The first kappa shape index (κ1) is 20.2. The molecule has 0 fully saturated rings. The molecule has 0 saturated carbocycles. The fraction of sp³-hybridized carbons (Fsp3) is 0.174. The van der Waals surface area contributed by atoms with E-state index in [9.17, 15) is 9.59 Å². The molecule has 8 nitrogen and oxygen atoms in total. The summed E-state index contributed by atoms with van der Waals surface area (Å²) in [6.07, 6.45) is 1.46. The molecule has 156 valence electrons. The molecule has 0 aliphatic rings. The van der Waals surface area contributed by atoms with Gasteiger partial charge in [-0.3, -0.25) is 4.79 Å². The number of rotatable bonds is 7. The van der Waals surface area contributed by atoms with E-state index in [1.807, 2.05) is 50.2 Å². The fourth-order valence-electron chi connectivity index (χ4n) is 3.41. The third kappa shape index (κ3) is 4.42. The first-order valence-electron chi connectivity index (χ1n) is 9.77. The van der Waals surface area contributed by atoms with Gasteiger partial charge in [0.05, 0.1) is 11.3 Å². The average molecular weight is 415 g/mol. The zero-order chi connectivity index (χ0) is 21.8. The number of benzene rings is 2. The average Bonchev–Trinajstić information content (AvgIpc) is 3.43. The van der Waals surface area contributed by atoms with Crippen LogP contribution in [-0.4, -0.2) is 43.1 Å². The quantitative estimate of drug-likeness (QED) is 0.340. The lowest BCUT2D eigenvalue weighted by Crippen LogP contribution is -2.15. The van der Waals surface area contributed by atoms with Crippen molar-refractivity contribution in [2.75, 3.05) is 6.61 Å². The van der Waals surface area contributed by atoms with Crippen LogP contribution in [0.5, 0.6) is 0 Å². The van der Waals surface area contributed by atoms with Gasteiger partial charge in [-0.2, -0.15) is 0 Å². The highest BCUT2D eigenvalue weighted by molar-refractivity contribution is 6.00. The Morgan fingerprint density at radius 1 is 1.00 bits per heavy atom. The lowest BCUT2D eigenvalue weighted by Gasteiger charge is -2.10. The van der Waals surface area contributed by atoms with Crippen molar-refractivity contribution in [3.8, 4) is 5.69 Å². The SMILES string of the molecule is Cc1cc(C(=O)COC(=O)c2ccc(-n3cnnn3)cc2)c(C)n1Cc1ccccc1. The van der Waals surface area contributed by atoms with E-state index in [1.54, 1.807) is 24.3 Å². The molecule has 31 heavy (non-hydrogen) atoms. The molecule has 2 heterocycles. The predicted molar refractivity (Wildman–Crippen MR) is 113 cm³/mol. The molecule has 0 aliphatic carbocycles. The van der Waals surface area contributed by atoms with Gasteiger partial charge in [0.1, 0.15) is 6.33 Å². The summed E-state index contributed by atoms with van der Waals surface area (Å²) in [5, 5.41) is 10.9. The Morgan fingerprint density at radius 3 is 2.42 bits per heavy atom. The van der Waals surface area contributed by atoms with Gasteiger partial charge in [-0.15, -0.1) is 5.10 Å². The fourth-order valence-corrected chi connectivity index (χ4v) is 3.41. The highest BCUT2D eigenvalue weighted by atomic mass is 16.5. The Labute approximate surface area is 179 Å². The number of hydrogen-bond donors (Lipinski definition) is 0. The number of nitrogens with zero attached hydrogens (tertiary/aromatic N) is 5. The van der Waals surface area contributed by atoms with Crippen molar-refractivity contribution >= 4 is 11.8 Å². The molecule has 0 radical (unpaired) electrons. The van der Waals surface area contributed by atoms with Crippen molar-refractivity contribution in [1.82, 2.24) is 24.8 Å². The van der Waals surface area contributed by atoms with Crippen LogP contribution in [0.4, 0.5) is 0 Å². The van der Waals surface area contributed by atoms with Crippen LogP contribution < -0.4 is 0 Å². The van der Waals surface area contributed by atoms with Crippen LogP contribution in [0.25, 0.3) is 5.69 Å². The number of aromatic nitrogens is 5. The number of ether oxygens (including phenoxy) is 1. The van der Waals surface area contributed by atoms with E-state index in [1.165, 1.54) is 11.0 Å². The number of ketones is 1. The van der Waals surface area contributed by atoms with E-state index in [2.05, 4.69) is 20.1 Å². The second-order valence-corrected chi connectivity index (χ2v) is 7.16. The van der Waals surface area contributed by atoms with E-state index in [4.69, 9.17) is 4.74 Å². The van der Waals surface area contributed by atoms with Gasteiger partial charge in [-0.25, -0.2) is 9.48 Å². The maximum atomic E-state index is 12.7. The second-order valence-electron chi connectivity index (χ2n) is 7.16. The van der Waals surface area contributed by atoms with Crippen molar-refractivity contribution in [2.24, 2.45) is 0 Å². The molecule has 0 bridgehead atoms. The predicted octanol–water partition coefficient (Wildman–Crippen LogP) is 3.17. The Hall–Kier alpha value is -4.07. The van der Waals surface area contributed by atoms with Gasteiger partial charge in [0, 0.05) is 23.5 Å². The van der Waals surface area contributed by atoms with Crippen LogP contribution in [0.15, 0.2) is 67.0 Å². The van der Waals surface area contributed by atoms with Gasteiger partial charge in [-0.1, -0.05) is 30.3 Å². The minimum atomic E-state index is -0.560. The largest absolute Gasteiger partial charge is 0.454 e. The highest BCUT2D eigenvalue weighted by Crippen LogP contribution is 2.18. The topological polar surface area (TPSA) is 91.9 Å². The Kier molecular flexibility index (Phi) is 5.70. The summed E-state index contributed by atoms with van der Waals surface area (Å²) in [5.41, 5.74) is 4.61. The summed E-state index contributed by atoms with van der Waals surface area (Å²) in [5.74, 6) is -0.791. The van der Waals surface area contributed by atoms with E-state index < -0.39 is 5.97 Å². The highest BCUT2D eigenvalue weighted by Gasteiger charge is 2.18. The molecular weight excluding hydrogens is 394 g/mol. The van der Waals surface area contributed by atoms with Crippen LogP contribution in [0, 0.1) is 13.8 Å². The van der Waals surface area contributed by atoms with Gasteiger partial charge in [0.2, 0.25) is 5.78 Å². The Bertz CT molecular complexity index is 1200. The molecule has 0 atom stereocenters. The molecule has 4 rings (SSSR count). The minimum Gasteiger partial charge on any atom is -0.454 e. The molecule has 8 heteroatoms. The van der Waals surface area contributed by atoms with Crippen LogP contribution in [-0.2, 0) is 11.3 Å². The Morgan fingerprint density at radius 2 is 1.74 bits per heavy atom. The normalized spacial score (nSPS) is 10.8. The molecule has 0 spiro atoms. The molecule has 0 unspecified atom stereocenters. The summed E-state index contributed by atoms with van der Waals surface area (Å²) in [4.78, 5) is 25.1. The maximum absolute atomic E-state index is 12.7. The lowest BCUT2D eigenvalue weighted by atomic mass is 10.1. The summed E-state index contributed by atoms with van der Waals surface area (Å²) >= 11 is 0. The summed E-state index contributed by atoms with van der Waals surface area (Å²) in [6, 6.07) is 18.5. The molecular formula is C23H21N5O3. The van der Waals surface area contributed by atoms with Crippen LogP contribution in [0.3, 0.4) is 0 Å². The zero-order valence-electron chi connectivity index (χ0n) is 17.2. The lowest BCUT2D eigenvalue weighted by molar-refractivity contribution is 0.0474. The van der Waals surface area contributed by atoms with Crippen molar-refractivity contribution in [3.05, 3.63) is 95.1 Å².